The second kappa shape index (κ2) is 6.81. The number of rotatable bonds is 5. The minimum absolute atomic E-state index is 0.733. The molecule has 0 spiro atoms. The van der Waals surface area contributed by atoms with Crippen molar-refractivity contribution in [3.63, 3.8) is 0 Å². The van der Waals surface area contributed by atoms with E-state index in [-0.39, 0.29) is 0 Å². The molecule has 0 heterocycles. The van der Waals surface area contributed by atoms with Crippen LogP contribution in [0.4, 0.5) is 0 Å². The highest BCUT2D eigenvalue weighted by atomic mass is 14.5. The SMILES string of the molecule is CCCC(C)/C=C/CCN. The van der Waals surface area contributed by atoms with E-state index in [0.717, 1.165) is 18.9 Å². The molecular weight excluding hydrogens is 122 g/mol. The molecule has 60 valence electrons. The van der Waals surface area contributed by atoms with Crippen molar-refractivity contribution in [2.24, 2.45) is 11.7 Å². The summed E-state index contributed by atoms with van der Waals surface area (Å²) in [7, 11) is 0. The molecule has 0 aliphatic carbocycles. The first-order chi connectivity index (χ1) is 4.81. The Kier molecular flexibility index (Phi) is 6.61. The summed E-state index contributed by atoms with van der Waals surface area (Å²) in [6.45, 7) is 5.24. The van der Waals surface area contributed by atoms with E-state index >= 15 is 0 Å². The summed E-state index contributed by atoms with van der Waals surface area (Å²) in [4.78, 5) is 0. The Bertz CT molecular complexity index is 86.7. The van der Waals surface area contributed by atoms with Gasteiger partial charge in [0.25, 0.3) is 0 Å². The third-order valence-corrected chi connectivity index (χ3v) is 1.54. The average molecular weight is 141 g/mol. The molecule has 0 aromatic carbocycles. The van der Waals surface area contributed by atoms with Crippen molar-refractivity contribution in [3.8, 4) is 0 Å². The van der Waals surface area contributed by atoms with Crippen LogP contribution < -0.4 is 5.73 Å². The van der Waals surface area contributed by atoms with Crippen molar-refractivity contribution in [3.05, 3.63) is 12.2 Å². The lowest BCUT2D eigenvalue weighted by Crippen LogP contribution is -1.96. The molecule has 1 unspecified atom stereocenters. The molecule has 0 amide bonds. The molecule has 0 radical (unpaired) electrons. The van der Waals surface area contributed by atoms with E-state index in [1.807, 2.05) is 0 Å². The van der Waals surface area contributed by atoms with Gasteiger partial charge in [0.2, 0.25) is 0 Å². The zero-order valence-electron chi connectivity index (χ0n) is 7.14. The Balaban J connectivity index is 3.26. The number of allylic oxidation sites excluding steroid dienone is 1. The maximum Gasteiger partial charge on any atom is -0.00426 e. The van der Waals surface area contributed by atoms with E-state index in [1.54, 1.807) is 0 Å². The van der Waals surface area contributed by atoms with Crippen LogP contribution in [0.25, 0.3) is 0 Å². The molecular formula is C9H19N. The summed E-state index contributed by atoms with van der Waals surface area (Å²) in [5.74, 6) is 0.733. The van der Waals surface area contributed by atoms with Gasteiger partial charge in [0.15, 0.2) is 0 Å². The molecule has 0 aromatic heterocycles. The largest absolute Gasteiger partial charge is 0.330 e. The highest BCUT2D eigenvalue weighted by Crippen LogP contribution is 2.05. The third kappa shape index (κ3) is 5.83. The smallest absolute Gasteiger partial charge is 0.00426 e. The topological polar surface area (TPSA) is 26.0 Å². The van der Waals surface area contributed by atoms with Crippen molar-refractivity contribution in [1.29, 1.82) is 0 Å². The van der Waals surface area contributed by atoms with Gasteiger partial charge < -0.3 is 5.73 Å². The van der Waals surface area contributed by atoms with Gasteiger partial charge in [-0.3, -0.25) is 0 Å². The minimum Gasteiger partial charge on any atom is -0.330 e. The van der Waals surface area contributed by atoms with E-state index in [4.69, 9.17) is 5.73 Å². The maximum absolute atomic E-state index is 5.34. The minimum atomic E-state index is 0.733. The lowest BCUT2D eigenvalue weighted by Gasteiger charge is -2.01. The van der Waals surface area contributed by atoms with Crippen molar-refractivity contribution < 1.29 is 0 Å². The predicted octanol–water partition coefficient (Wildman–Crippen LogP) is 2.33. The van der Waals surface area contributed by atoms with E-state index in [2.05, 4.69) is 26.0 Å². The van der Waals surface area contributed by atoms with E-state index in [0.29, 0.717) is 0 Å². The Hall–Kier alpha value is -0.300. The van der Waals surface area contributed by atoms with E-state index in [1.165, 1.54) is 12.8 Å². The monoisotopic (exact) mass is 141 g/mol. The van der Waals surface area contributed by atoms with E-state index < -0.39 is 0 Å². The molecule has 10 heavy (non-hydrogen) atoms. The Morgan fingerprint density at radius 2 is 2.20 bits per heavy atom. The molecule has 0 bridgehead atoms. The van der Waals surface area contributed by atoms with Gasteiger partial charge in [0.05, 0.1) is 0 Å². The van der Waals surface area contributed by atoms with Crippen LogP contribution in [0.5, 0.6) is 0 Å². The normalized spacial score (nSPS) is 14.3. The molecule has 0 fully saturated rings. The van der Waals surface area contributed by atoms with Crippen LogP contribution in [0.15, 0.2) is 12.2 Å². The molecule has 0 aliphatic heterocycles. The van der Waals surface area contributed by atoms with Crippen LogP contribution in [0.1, 0.15) is 33.1 Å². The van der Waals surface area contributed by atoms with Crippen LogP contribution in [0.3, 0.4) is 0 Å². The Morgan fingerprint density at radius 3 is 2.70 bits per heavy atom. The lowest BCUT2D eigenvalue weighted by molar-refractivity contribution is 0.632. The van der Waals surface area contributed by atoms with Gasteiger partial charge in [-0.15, -0.1) is 0 Å². The second-order valence-electron chi connectivity index (χ2n) is 2.77. The highest BCUT2D eigenvalue weighted by Gasteiger charge is 1.91. The summed E-state index contributed by atoms with van der Waals surface area (Å²) in [5.41, 5.74) is 5.34. The van der Waals surface area contributed by atoms with Crippen molar-refractivity contribution in [2.75, 3.05) is 6.54 Å². The first-order valence-electron chi connectivity index (χ1n) is 4.18. The summed E-state index contributed by atoms with van der Waals surface area (Å²) in [6, 6.07) is 0. The Labute approximate surface area is 64.3 Å². The van der Waals surface area contributed by atoms with Gasteiger partial charge in [-0.2, -0.15) is 0 Å². The van der Waals surface area contributed by atoms with E-state index in [9.17, 15) is 0 Å². The van der Waals surface area contributed by atoms with Crippen molar-refractivity contribution >= 4 is 0 Å². The molecule has 0 rings (SSSR count). The van der Waals surface area contributed by atoms with Crippen molar-refractivity contribution in [1.82, 2.24) is 0 Å². The molecule has 1 atom stereocenters. The van der Waals surface area contributed by atoms with Crippen LogP contribution in [-0.2, 0) is 0 Å². The van der Waals surface area contributed by atoms with Gasteiger partial charge in [-0.25, -0.2) is 0 Å². The summed E-state index contributed by atoms with van der Waals surface area (Å²) in [6.07, 6.45) is 8.03. The van der Waals surface area contributed by atoms with Crippen molar-refractivity contribution in [2.45, 2.75) is 33.1 Å². The maximum atomic E-state index is 5.34. The van der Waals surface area contributed by atoms with Gasteiger partial charge in [-0.1, -0.05) is 32.4 Å². The van der Waals surface area contributed by atoms with Gasteiger partial charge in [0.1, 0.15) is 0 Å². The van der Waals surface area contributed by atoms with Gasteiger partial charge in [0, 0.05) is 0 Å². The zero-order valence-corrected chi connectivity index (χ0v) is 7.14. The fourth-order valence-electron chi connectivity index (χ4n) is 0.976. The standard InChI is InChI=1S/C9H19N/c1-3-6-9(2)7-4-5-8-10/h4,7,9H,3,5-6,8,10H2,1-2H3/b7-4+. The molecule has 1 heteroatoms. The molecule has 0 saturated heterocycles. The van der Waals surface area contributed by atoms with Crippen LogP contribution in [0, 0.1) is 5.92 Å². The fraction of sp³-hybridized carbons (Fsp3) is 0.778. The lowest BCUT2D eigenvalue weighted by atomic mass is 10.1. The number of nitrogens with two attached hydrogens (primary N) is 1. The summed E-state index contributed by atoms with van der Waals surface area (Å²) >= 11 is 0. The van der Waals surface area contributed by atoms with Gasteiger partial charge >= 0.3 is 0 Å². The average Bonchev–Trinajstić information content (AvgIpc) is 1.89. The molecule has 2 N–H and O–H groups in total. The predicted molar refractivity (Wildman–Crippen MR) is 46.9 cm³/mol. The third-order valence-electron chi connectivity index (χ3n) is 1.54. The quantitative estimate of drug-likeness (QED) is 0.584. The molecule has 0 saturated carbocycles. The Morgan fingerprint density at radius 1 is 1.50 bits per heavy atom. The summed E-state index contributed by atoms with van der Waals surface area (Å²) in [5, 5.41) is 0. The fourth-order valence-corrected chi connectivity index (χ4v) is 0.976. The van der Waals surface area contributed by atoms with Crippen LogP contribution in [-0.4, -0.2) is 6.54 Å². The zero-order chi connectivity index (χ0) is 7.82. The second-order valence-corrected chi connectivity index (χ2v) is 2.77. The molecule has 1 nitrogen and oxygen atoms in total. The van der Waals surface area contributed by atoms with Gasteiger partial charge in [-0.05, 0) is 25.3 Å². The molecule has 0 aromatic rings. The van der Waals surface area contributed by atoms with Crippen LogP contribution in [0.2, 0.25) is 0 Å². The number of hydrogen-bond acceptors (Lipinski definition) is 1. The summed E-state index contributed by atoms with van der Waals surface area (Å²) < 4.78 is 0. The number of hydrogen-bond donors (Lipinski definition) is 1. The first kappa shape index (κ1) is 9.70. The van der Waals surface area contributed by atoms with Crippen LogP contribution >= 0.6 is 0 Å². The first-order valence-corrected chi connectivity index (χ1v) is 4.18. The highest BCUT2D eigenvalue weighted by molar-refractivity contribution is 4.86. The molecule has 0 aliphatic rings.